The lowest BCUT2D eigenvalue weighted by atomic mass is 10.1. The number of hydrogen-bond donors (Lipinski definition) is 1. The van der Waals surface area contributed by atoms with Gasteiger partial charge in [0.1, 0.15) is 5.82 Å². The van der Waals surface area contributed by atoms with Crippen molar-refractivity contribution < 1.29 is 0 Å². The maximum absolute atomic E-state index is 5.46. The van der Waals surface area contributed by atoms with Crippen LogP contribution in [0.25, 0.3) is 5.69 Å². The highest BCUT2D eigenvalue weighted by Crippen LogP contribution is 2.24. The zero-order valence-corrected chi connectivity index (χ0v) is 15.6. The Balaban J connectivity index is 2.01. The second-order valence-electron chi connectivity index (χ2n) is 5.72. The van der Waals surface area contributed by atoms with E-state index in [1.807, 2.05) is 21.5 Å². The zero-order chi connectivity index (χ0) is 16.6. The second-order valence-corrected chi connectivity index (χ2v) is 7.03. The van der Waals surface area contributed by atoms with Gasteiger partial charge in [-0.25, -0.2) is 0 Å². The SMILES string of the molecule is Cc1cccc(-n2c([C@@H](C)Cn3cc(Br)cn3)n[nH]c2=S)c1C. The highest BCUT2D eigenvalue weighted by Gasteiger charge is 2.18. The van der Waals surface area contributed by atoms with E-state index in [4.69, 9.17) is 12.2 Å². The molecule has 1 atom stereocenters. The quantitative estimate of drug-likeness (QED) is 0.674. The molecule has 0 amide bonds. The van der Waals surface area contributed by atoms with Crippen LogP contribution in [0.15, 0.2) is 35.1 Å². The van der Waals surface area contributed by atoms with Crippen molar-refractivity contribution in [2.45, 2.75) is 33.2 Å². The fourth-order valence-corrected chi connectivity index (χ4v) is 3.22. The Morgan fingerprint density at radius 2 is 2.13 bits per heavy atom. The van der Waals surface area contributed by atoms with Gasteiger partial charge in [0.25, 0.3) is 0 Å². The van der Waals surface area contributed by atoms with Crippen LogP contribution in [-0.2, 0) is 6.54 Å². The van der Waals surface area contributed by atoms with E-state index in [0.717, 1.165) is 22.5 Å². The van der Waals surface area contributed by atoms with Gasteiger partial charge in [0.05, 0.1) is 22.9 Å². The number of aryl methyl sites for hydroxylation is 1. The third-order valence-electron chi connectivity index (χ3n) is 4.02. The average molecular weight is 392 g/mol. The number of H-pyrrole nitrogens is 1. The molecule has 0 saturated heterocycles. The van der Waals surface area contributed by atoms with Crippen molar-refractivity contribution in [3.63, 3.8) is 0 Å². The van der Waals surface area contributed by atoms with Gasteiger partial charge in [0, 0.05) is 12.1 Å². The third-order valence-corrected chi connectivity index (χ3v) is 4.70. The molecule has 0 spiro atoms. The summed E-state index contributed by atoms with van der Waals surface area (Å²) < 4.78 is 5.51. The van der Waals surface area contributed by atoms with Crippen molar-refractivity contribution >= 4 is 28.1 Å². The van der Waals surface area contributed by atoms with Crippen LogP contribution in [0.5, 0.6) is 0 Å². The van der Waals surface area contributed by atoms with Gasteiger partial charge in [-0.3, -0.25) is 14.3 Å². The fraction of sp³-hybridized carbons (Fsp3) is 0.312. The average Bonchev–Trinajstić information content (AvgIpc) is 3.08. The van der Waals surface area contributed by atoms with Gasteiger partial charge in [-0.2, -0.15) is 10.2 Å². The van der Waals surface area contributed by atoms with E-state index < -0.39 is 0 Å². The highest BCUT2D eigenvalue weighted by atomic mass is 79.9. The molecule has 1 N–H and O–H groups in total. The Labute approximate surface area is 148 Å². The summed E-state index contributed by atoms with van der Waals surface area (Å²) in [6, 6.07) is 6.23. The zero-order valence-electron chi connectivity index (χ0n) is 13.2. The molecule has 2 aromatic heterocycles. The van der Waals surface area contributed by atoms with Gasteiger partial charge in [0.15, 0.2) is 4.77 Å². The molecule has 0 fully saturated rings. The van der Waals surface area contributed by atoms with Gasteiger partial charge >= 0.3 is 0 Å². The molecule has 5 nitrogen and oxygen atoms in total. The first-order chi connectivity index (χ1) is 11.0. The molecule has 0 radical (unpaired) electrons. The topological polar surface area (TPSA) is 51.4 Å². The van der Waals surface area contributed by atoms with Gasteiger partial charge in [0.2, 0.25) is 0 Å². The lowest BCUT2D eigenvalue weighted by Crippen LogP contribution is -2.13. The molecular weight excluding hydrogens is 374 g/mol. The number of benzene rings is 1. The molecule has 1 aromatic carbocycles. The number of nitrogens with zero attached hydrogens (tertiary/aromatic N) is 4. The van der Waals surface area contributed by atoms with E-state index >= 15 is 0 Å². The van der Waals surface area contributed by atoms with Gasteiger partial charge in [-0.15, -0.1) is 0 Å². The van der Waals surface area contributed by atoms with Crippen LogP contribution in [0.2, 0.25) is 0 Å². The van der Waals surface area contributed by atoms with Gasteiger partial charge < -0.3 is 0 Å². The summed E-state index contributed by atoms with van der Waals surface area (Å²) in [5.74, 6) is 1.07. The monoisotopic (exact) mass is 391 g/mol. The Morgan fingerprint density at radius 1 is 1.35 bits per heavy atom. The number of aromatic nitrogens is 5. The minimum atomic E-state index is 0.162. The number of hydrogen-bond acceptors (Lipinski definition) is 3. The normalized spacial score (nSPS) is 12.5. The van der Waals surface area contributed by atoms with Crippen LogP contribution in [-0.4, -0.2) is 24.5 Å². The van der Waals surface area contributed by atoms with Crippen LogP contribution >= 0.6 is 28.1 Å². The molecule has 0 saturated carbocycles. The minimum absolute atomic E-state index is 0.162. The molecule has 0 aliphatic heterocycles. The Bertz CT molecular complexity index is 892. The largest absolute Gasteiger partial charge is 0.272 e. The van der Waals surface area contributed by atoms with Crippen molar-refractivity contribution in [1.29, 1.82) is 0 Å². The summed E-state index contributed by atoms with van der Waals surface area (Å²) in [5, 5.41) is 11.7. The van der Waals surface area contributed by atoms with Crippen LogP contribution in [0.4, 0.5) is 0 Å². The van der Waals surface area contributed by atoms with Crippen LogP contribution in [0, 0.1) is 18.6 Å². The summed E-state index contributed by atoms with van der Waals surface area (Å²) in [7, 11) is 0. The van der Waals surface area contributed by atoms with Crippen molar-refractivity contribution in [3.8, 4) is 5.69 Å². The predicted molar refractivity (Wildman–Crippen MR) is 96.6 cm³/mol. The van der Waals surface area contributed by atoms with E-state index in [2.05, 4.69) is 64.1 Å². The molecule has 23 heavy (non-hydrogen) atoms. The highest BCUT2D eigenvalue weighted by molar-refractivity contribution is 9.10. The molecule has 120 valence electrons. The third kappa shape index (κ3) is 3.16. The molecule has 0 aliphatic rings. The van der Waals surface area contributed by atoms with Crippen molar-refractivity contribution in [2.24, 2.45) is 0 Å². The van der Waals surface area contributed by atoms with Crippen LogP contribution < -0.4 is 0 Å². The Morgan fingerprint density at radius 3 is 2.83 bits per heavy atom. The summed E-state index contributed by atoms with van der Waals surface area (Å²) in [4.78, 5) is 0. The molecular formula is C16H18BrN5S. The molecule has 3 aromatic rings. The maximum Gasteiger partial charge on any atom is 0.199 e. The lowest BCUT2D eigenvalue weighted by Gasteiger charge is -2.16. The summed E-state index contributed by atoms with van der Waals surface area (Å²) in [5.41, 5.74) is 3.52. The maximum atomic E-state index is 5.46. The van der Waals surface area contributed by atoms with E-state index in [9.17, 15) is 0 Å². The van der Waals surface area contributed by atoms with Crippen LogP contribution in [0.1, 0.15) is 29.8 Å². The summed E-state index contributed by atoms with van der Waals surface area (Å²) in [6.45, 7) is 7.07. The molecule has 7 heteroatoms. The molecule has 0 bridgehead atoms. The summed E-state index contributed by atoms with van der Waals surface area (Å²) in [6.07, 6.45) is 3.74. The van der Waals surface area contributed by atoms with E-state index in [-0.39, 0.29) is 5.92 Å². The van der Waals surface area contributed by atoms with Gasteiger partial charge in [-0.1, -0.05) is 19.1 Å². The van der Waals surface area contributed by atoms with Crippen molar-refractivity contribution in [1.82, 2.24) is 24.5 Å². The first-order valence-electron chi connectivity index (χ1n) is 7.39. The van der Waals surface area contributed by atoms with E-state index in [1.165, 1.54) is 11.1 Å². The Hall–Kier alpha value is -1.73. The first-order valence-corrected chi connectivity index (χ1v) is 8.59. The van der Waals surface area contributed by atoms with Crippen molar-refractivity contribution in [2.75, 3.05) is 0 Å². The van der Waals surface area contributed by atoms with Crippen LogP contribution in [0.3, 0.4) is 0 Å². The van der Waals surface area contributed by atoms with E-state index in [0.29, 0.717) is 4.77 Å². The first kappa shape index (κ1) is 16.1. The Kier molecular flexibility index (Phi) is 4.50. The van der Waals surface area contributed by atoms with Gasteiger partial charge in [-0.05, 0) is 59.2 Å². The van der Waals surface area contributed by atoms with Crippen molar-refractivity contribution in [3.05, 3.63) is 56.8 Å². The number of aromatic amines is 1. The second kappa shape index (κ2) is 6.41. The number of nitrogens with one attached hydrogen (secondary N) is 1. The lowest BCUT2D eigenvalue weighted by molar-refractivity contribution is 0.518. The standard InChI is InChI=1S/C16H18BrN5S/c1-10-5-4-6-14(12(10)3)22-15(19-20-16(22)23)11(2)8-21-9-13(17)7-18-21/h4-7,9,11H,8H2,1-3H3,(H,20,23)/t11-/m0/s1. The fourth-order valence-electron chi connectivity index (χ4n) is 2.65. The molecule has 0 unspecified atom stereocenters. The molecule has 2 heterocycles. The minimum Gasteiger partial charge on any atom is -0.272 e. The van der Waals surface area contributed by atoms with E-state index in [1.54, 1.807) is 6.20 Å². The summed E-state index contributed by atoms with van der Waals surface area (Å²) >= 11 is 8.88. The molecule has 0 aliphatic carbocycles. The smallest absolute Gasteiger partial charge is 0.199 e. The molecule has 3 rings (SSSR count). The number of halogens is 1. The number of rotatable bonds is 4. The predicted octanol–water partition coefficient (Wildman–Crippen LogP) is 4.31.